The Morgan fingerprint density at radius 3 is 3.00 bits per heavy atom. The number of carbonyl (C=O) groups is 1. The van der Waals surface area contributed by atoms with Crippen molar-refractivity contribution in [2.75, 3.05) is 0 Å². The van der Waals surface area contributed by atoms with Crippen LogP contribution in [0.5, 0.6) is 5.75 Å². The molecule has 2 heterocycles. The Kier molecular flexibility index (Phi) is 4.31. The molecule has 7 heteroatoms. The van der Waals surface area contributed by atoms with Crippen LogP contribution in [0.2, 0.25) is 5.02 Å². The van der Waals surface area contributed by atoms with Crippen LogP contribution in [0.15, 0.2) is 36.5 Å². The molecule has 3 aromatic rings. The fraction of sp³-hybridized carbons (Fsp3) is 0.278. The van der Waals surface area contributed by atoms with Gasteiger partial charge < -0.3 is 4.74 Å². The summed E-state index contributed by atoms with van der Waals surface area (Å²) in [5, 5.41) is 5.69. The second kappa shape index (κ2) is 6.61. The molecule has 0 N–H and O–H groups in total. The lowest BCUT2D eigenvalue weighted by molar-refractivity contribution is 0.0872. The summed E-state index contributed by atoms with van der Waals surface area (Å²) in [4.78, 5) is 17.9. The molecular weight excluding hydrogens is 358 g/mol. The largest absolute Gasteiger partial charge is 0.486 e. The molecule has 0 bridgehead atoms. The van der Waals surface area contributed by atoms with Crippen LogP contribution in [-0.2, 0) is 6.61 Å². The van der Waals surface area contributed by atoms with Crippen LogP contribution in [0.25, 0.3) is 10.6 Å². The maximum atomic E-state index is 12.4. The minimum Gasteiger partial charge on any atom is -0.486 e. The molecule has 0 aliphatic heterocycles. The average molecular weight is 374 g/mol. The number of carbonyl (C=O) groups excluding carboxylic acids is 1. The number of aromatic nitrogens is 3. The SMILES string of the molecule is Cc1nc(COc2cccc(Cl)c2)sc1-c1ccnn1C(=O)C1CC1. The van der Waals surface area contributed by atoms with E-state index in [1.54, 1.807) is 18.3 Å². The van der Waals surface area contributed by atoms with Gasteiger partial charge >= 0.3 is 0 Å². The number of benzene rings is 1. The van der Waals surface area contributed by atoms with Gasteiger partial charge in [0.2, 0.25) is 0 Å². The van der Waals surface area contributed by atoms with E-state index < -0.39 is 0 Å². The highest BCUT2D eigenvalue weighted by molar-refractivity contribution is 7.15. The van der Waals surface area contributed by atoms with Crippen LogP contribution in [0.1, 0.15) is 28.3 Å². The Hall–Kier alpha value is -2.18. The van der Waals surface area contributed by atoms with E-state index >= 15 is 0 Å². The predicted octanol–water partition coefficient (Wildman–Crippen LogP) is 4.60. The van der Waals surface area contributed by atoms with E-state index in [0.29, 0.717) is 17.4 Å². The maximum absolute atomic E-state index is 12.4. The molecule has 0 amide bonds. The molecular formula is C18H16ClN3O2S. The van der Waals surface area contributed by atoms with E-state index in [0.717, 1.165) is 34.1 Å². The minimum absolute atomic E-state index is 0.0736. The summed E-state index contributed by atoms with van der Waals surface area (Å²) in [5.41, 5.74) is 1.68. The molecule has 1 aliphatic carbocycles. The zero-order valence-corrected chi connectivity index (χ0v) is 15.2. The van der Waals surface area contributed by atoms with E-state index in [2.05, 4.69) is 10.1 Å². The summed E-state index contributed by atoms with van der Waals surface area (Å²) < 4.78 is 7.27. The van der Waals surface area contributed by atoms with E-state index in [9.17, 15) is 4.79 Å². The molecule has 0 unspecified atom stereocenters. The smallest absolute Gasteiger partial charge is 0.250 e. The van der Waals surface area contributed by atoms with Gasteiger partial charge in [0.15, 0.2) is 0 Å². The molecule has 4 rings (SSSR count). The van der Waals surface area contributed by atoms with Crippen molar-refractivity contribution >= 4 is 28.8 Å². The van der Waals surface area contributed by atoms with E-state index in [-0.39, 0.29) is 11.8 Å². The number of aryl methyl sites for hydroxylation is 1. The summed E-state index contributed by atoms with van der Waals surface area (Å²) in [7, 11) is 0. The number of thiazole rings is 1. The second-order valence-electron chi connectivity index (χ2n) is 6.01. The highest BCUT2D eigenvalue weighted by atomic mass is 35.5. The van der Waals surface area contributed by atoms with Gasteiger partial charge in [0, 0.05) is 10.9 Å². The number of ether oxygens (including phenoxy) is 1. The third kappa shape index (κ3) is 3.45. The lowest BCUT2D eigenvalue weighted by Crippen LogP contribution is -2.15. The number of hydrogen-bond donors (Lipinski definition) is 0. The quantitative estimate of drug-likeness (QED) is 0.656. The van der Waals surface area contributed by atoms with Crippen LogP contribution in [0.4, 0.5) is 0 Å². The average Bonchev–Trinajstić information content (AvgIpc) is 3.22. The van der Waals surface area contributed by atoms with Crippen molar-refractivity contribution in [2.24, 2.45) is 5.92 Å². The van der Waals surface area contributed by atoms with E-state index in [1.807, 2.05) is 25.1 Å². The fourth-order valence-corrected chi connectivity index (χ4v) is 3.78. The molecule has 1 fully saturated rings. The van der Waals surface area contributed by atoms with Crippen molar-refractivity contribution < 1.29 is 9.53 Å². The summed E-state index contributed by atoms with van der Waals surface area (Å²) in [5.74, 6) is 0.901. The molecule has 0 spiro atoms. The number of halogens is 1. The maximum Gasteiger partial charge on any atom is 0.250 e. The van der Waals surface area contributed by atoms with Crippen molar-refractivity contribution in [3.63, 3.8) is 0 Å². The topological polar surface area (TPSA) is 57.0 Å². The first kappa shape index (κ1) is 16.3. The first-order valence-electron chi connectivity index (χ1n) is 8.05. The van der Waals surface area contributed by atoms with Crippen LogP contribution < -0.4 is 4.74 Å². The summed E-state index contributed by atoms with van der Waals surface area (Å²) in [6, 6.07) is 9.14. The van der Waals surface area contributed by atoms with Crippen LogP contribution in [0.3, 0.4) is 0 Å². The summed E-state index contributed by atoms with van der Waals surface area (Å²) in [6.07, 6.45) is 3.58. The Morgan fingerprint density at radius 1 is 1.40 bits per heavy atom. The molecule has 0 saturated heterocycles. The third-order valence-corrected chi connectivity index (χ3v) is 5.40. The molecule has 0 radical (unpaired) electrons. The van der Waals surface area contributed by atoms with Crippen molar-refractivity contribution in [1.29, 1.82) is 0 Å². The number of nitrogens with zero attached hydrogens (tertiary/aromatic N) is 3. The summed E-state index contributed by atoms with van der Waals surface area (Å²) in [6.45, 7) is 2.30. The van der Waals surface area contributed by atoms with Crippen molar-refractivity contribution in [3.05, 3.63) is 52.3 Å². The van der Waals surface area contributed by atoms with Gasteiger partial charge in [-0.3, -0.25) is 4.79 Å². The van der Waals surface area contributed by atoms with Gasteiger partial charge in [-0.25, -0.2) is 4.98 Å². The van der Waals surface area contributed by atoms with E-state index in [4.69, 9.17) is 16.3 Å². The zero-order valence-electron chi connectivity index (χ0n) is 13.6. The Balaban J connectivity index is 1.55. The van der Waals surface area contributed by atoms with Crippen molar-refractivity contribution in [1.82, 2.24) is 14.8 Å². The summed E-state index contributed by atoms with van der Waals surface area (Å²) >= 11 is 7.49. The van der Waals surface area contributed by atoms with E-state index in [1.165, 1.54) is 16.0 Å². The standard InChI is InChI=1S/C18H16ClN3O2S/c1-11-17(15-7-8-20-22(15)18(23)12-5-6-12)25-16(21-11)10-24-14-4-2-3-13(19)9-14/h2-4,7-9,12H,5-6,10H2,1H3. The molecule has 2 aromatic heterocycles. The molecule has 128 valence electrons. The molecule has 25 heavy (non-hydrogen) atoms. The Morgan fingerprint density at radius 2 is 2.24 bits per heavy atom. The van der Waals surface area contributed by atoms with Gasteiger partial charge in [0.25, 0.3) is 5.91 Å². The first-order valence-corrected chi connectivity index (χ1v) is 9.24. The number of rotatable bonds is 5. The second-order valence-corrected chi connectivity index (χ2v) is 7.53. The van der Waals surface area contributed by atoms with Crippen LogP contribution >= 0.6 is 22.9 Å². The zero-order chi connectivity index (χ0) is 17.4. The van der Waals surface area contributed by atoms with Crippen LogP contribution in [0, 0.1) is 12.8 Å². The fourth-order valence-electron chi connectivity index (χ4n) is 2.61. The van der Waals surface area contributed by atoms with Gasteiger partial charge in [-0.2, -0.15) is 9.78 Å². The lowest BCUT2D eigenvalue weighted by atomic mass is 10.3. The van der Waals surface area contributed by atoms with Gasteiger partial charge in [-0.05, 0) is 44.0 Å². The van der Waals surface area contributed by atoms with Gasteiger partial charge in [0.1, 0.15) is 17.4 Å². The normalized spacial score (nSPS) is 13.8. The Labute approximate surface area is 154 Å². The van der Waals surface area contributed by atoms with Crippen molar-refractivity contribution in [2.45, 2.75) is 26.4 Å². The highest BCUT2D eigenvalue weighted by Gasteiger charge is 2.33. The molecule has 1 saturated carbocycles. The van der Waals surface area contributed by atoms with Crippen LogP contribution in [-0.4, -0.2) is 20.7 Å². The molecule has 1 aromatic carbocycles. The van der Waals surface area contributed by atoms with Crippen molar-refractivity contribution in [3.8, 4) is 16.3 Å². The lowest BCUT2D eigenvalue weighted by Gasteiger charge is -2.04. The monoisotopic (exact) mass is 373 g/mol. The third-order valence-electron chi connectivity index (χ3n) is 4.01. The molecule has 5 nitrogen and oxygen atoms in total. The molecule has 0 atom stereocenters. The number of hydrogen-bond acceptors (Lipinski definition) is 5. The predicted molar refractivity (Wildman–Crippen MR) is 97.2 cm³/mol. The van der Waals surface area contributed by atoms with Gasteiger partial charge in [-0.15, -0.1) is 11.3 Å². The van der Waals surface area contributed by atoms with Gasteiger partial charge in [0.05, 0.1) is 22.5 Å². The molecule has 1 aliphatic rings. The Bertz CT molecular complexity index is 930. The minimum atomic E-state index is 0.0736. The highest BCUT2D eigenvalue weighted by Crippen LogP contribution is 2.35. The first-order chi connectivity index (χ1) is 12.1. The van der Waals surface area contributed by atoms with Gasteiger partial charge in [-0.1, -0.05) is 17.7 Å².